The minimum atomic E-state index is -0.367. The van der Waals surface area contributed by atoms with Gasteiger partial charge >= 0.3 is 5.97 Å². The average Bonchev–Trinajstić information content (AvgIpc) is 2.11. The zero-order valence-corrected chi connectivity index (χ0v) is 10.1. The maximum atomic E-state index is 11.9. The molecule has 0 aromatic carbocycles. The van der Waals surface area contributed by atoms with Gasteiger partial charge in [0, 0.05) is 6.42 Å². The van der Waals surface area contributed by atoms with E-state index < -0.39 is 0 Å². The highest BCUT2D eigenvalue weighted by atomic mass is 16.5. The van der Waals surface area contributed by atoms with Gasteiger partial charge in [-0.2, -0.15) is 0 Å². The molecule has 0 bridgehead atoms. The van der Waals surface area contributed by atoms with E-state index in [1.165, 1.54) is 6.08 Å². The minimum absolute atomic E-state index is 0.0790. The Morgan fingerprint density at radius 3 is 2.81 bits per heavy atom. The van der Waals surface area contributed by atoms with Crippen molar-refractivity contribution in [3.05, 3.63) is 24.3 Å². The summed E-state index contributed by atoms with van der Waals surface area (Å²) < 4.78 is 5.06. The van der Waals surface area contributed by atoms with Crippen LogP contribution in [0.2, 0.25) is 0 Å². The van der Waals surface area contributed by atoms with E-state index in [2.05, 4.69) is 6.58 Å². The maximum absolute atomic E-state index is 11.9. The highest BCUT2D eigenvalue weighted by Crippen LogP contribution is 2.40. The van der Waals surface area contributed by atoms with Gasteiger partial charge in [0.05, 0.1) is 5.92 Å². The van der Waals surface area contributed by atoms with E-state index in [1.807, 2.05) is 13.8 Å². The van der Waals surface area contributed by atoms with Gasteiger partial charge in [0.2, 0.25) is 0 Å². The number of carbonyl (C=O) groups excluding carboxylic acids is 2. The number of hydrogen-bond donors (Lipinski definition) is 0. The maximum Gasteiger partial charge on any atom is 0.313 e. The summed E-state index contributed by atoms with van der Waals surface area (Å²) in [6.45, 7) is 9.35. The number of allylic oxidation sites excluding steroid dienone is 1. The van der Waals surface area contributed by atoms with E-state index in [9.17, 15) is 9.59 Å². The van der Waals surface area contributed by atoms with Gasteiger partial charge in [-0.05, 0) is 18.4 Å². The van der Waals surface area contributed by atoms with E-state index in [-0.39, 0.29) is 29.7 Å². The fraction of sp³-hybridized carbons (Fsp3) is 0.538. The molecule has 1 atom stereocenters. The SMILES string of the molecule is C=CCOC(=O)C1C(C)=CC(=O)CC1(C)C. The molecule has 0 aromatic heterocycles. The molecule has 3 heteroatoms. The highest BCUT2D eigenvalue weighted by molar-refractivity contribution is 5.94. The Kier molecular flexibility index (Phi) is 3.68. The van der Waals surface area contributed by atoms with Gasteiger partial charge in [-0.1, -0.05) is 32.1 Å². The predicted molar refractivity (Wildman–Crippen MR) is 61.8 cm³/mol. The molecule has 0 saturated heterocycles. The lowest BCUT2D eigenvalue weighted by atomic mass is 9.68. The van der Waals surface area contributed by atoms with E-state index in [4.69, 9.17) is 4.74 Å². The van der Waals surface area contributed by atoms with Crippen LogP contribution in [0.15, 0.2) is 24.3 Å². The first-order chi connectivity index (χ1) is 7.38. The second-order valence-corrected chi connectivity index (χ2v) is 4.87. The molecule has 0 aromatic rings. The third-order valence-electron chi connectivity index (χ3n) is 2.83. The lowest BCUT2D eigenvalue weighted by Gasteiger charge is -2.35. The van der Waals surface area contributed by atoms with Gasteiger partial charge in [-0.25, -0.2) is 0 Å². The molecule has 0 spiro atoms. The van der Waals surface area contributed by atoms with Crippen LogP contribution in [-0.4, -0.2) is 18.4 Å². The second kappa shape index (κ2) is 4.64. The molecule has 0 saturated carbocycles. The molecule has 0 radical (unpaired) electrons. The van der Waals surface area contributed by atoms with Crippen molar-refractivity contribution in [3.8, 4) is 0 Å². The van der Waals surface area contributed by atoms with Crippen LogP contribution < -0.4 is 0 Å². The van der Waals surface area contributed by atoms with Crippen LogP contribution in [0.25, 0.3) is 0 Å². The van der Waals surface area contributed by atoms with Crippen LogP contribution in [-0.2, 0) is 14.3 Å². The number of esters is 1. The standard InChI is InChI=1S/C13H18O3/c1-5-6-16-12(15)11-9(2)7-10(14)8-13(11,3)4/h5,7,11H,1,6,8H2,2-4H3. The van der Waals surface area contributed by atoms with Crippen LogP contribution in [0.5, 0.6) is 0 Å². The van der Waals surface area contributed by atoms with Crippen LogP contribution >= 0.6 is 0 Å². The molecular formula is C13H18O3. The second-order valence-electron chi connectivity index (χ2n) is 4.87. The van der Waals surface area contributed by atoms with Gasteiger partial charge in [-0.3, -0.25) is 9.59 Å². The zero-order valence-electron chi connectivity index (χ0n) is 10.1. The first kappa shape index (κ1) is 12.7. The van der Waals surface area contributed by atoms with Crippen LogP contribution in [0, 0.1) is 11.3 Å². The first-order valence-electron chi connectivity index (χ1n) is 5.37. The molecule has 1 rings (SSSR count). The summed E-state index contributed by atoms with van der Waals surface area (Å²) in [6.07, 6.45) is 3.47. The summed E-state index contributed by atoms with van der Waals surface area (Å²) in [7, 11) is 0. The van der Waals surface area contributed by atoms with Gasteiger partial charge in [0.25, 0.3) is 0 Å². The largest absolute Gasteiger partial charge is 0.461 e. The Bertz CT molecular complexity index is 350. The molecule has 0 heterocycles. The number of carbonyl (C=O) groups is 2. The van der Waals surface area contributed by atoms with Crippen molar-refractivity contribution >= 4 is 11.8 Å². The number of ketones is 1. The monoisotopic (exact) mass is 222 g/mol. The van der Waals surface area contributed by atoms with Crippen LogP contribution in [0.3, 0.4) is 0 Å². The predicted octanol–water partition coefficient (Wildman–Crippen LogP) is 2.28. The van der Waals surface area contributed by atoms with Crippen molar-refractivity contribution in [1.29, 1.82) is 0 Å². The fourth-order valence-electron chi connectivity index (χ4n) is 2.29. The van der Waals surface area contributed by atoms with E-state index in [1.54, 1.807) is 13.0 Å². The van der Waals surface area contributed by atoms with Crippen molar-refractivity contribution in [2.75, 3.05) is 6.61 Å². The van der Waals surface area contributed by atoms with E-state index >= 15 is 0 Å². The van der Waals surface area contributed by atoms with Crippen molar-refractivity contribution < 1.29 is 14.3 Å². The van der Waals surface area contributed by atoms with Gasteiger partial charge < -0.3 is 4.74 Å². The summed E-state index contributed by atoms with van der Waals surface area (Å²) in [5, 5.41) is 0. The van der Waals surface area contributed by atoms with Crippen LogP contribution in [0.1, 0.15) is 27.2 Å². The molecule has 1 unspecified atom stereocenters. The third kappa shape index (κ3) is 2.60. The Balaban J connectivity index is 2.91. The van der Waals surface area contributed by atoms with E-state index in [0.717, 1.165) is 5.57 Å². The van der Waals surface area contributed by atoms with Gasteiger partial charge in [-0.15, -0.1) is 0 Å². The van der Waals surface area contributed by atoms with Crippen molar-refractivity contribution in [2.45, 2.75) is 27.2 Å². The van der Waals surface area contributed by atoms with Crippen molar-refractivity contribution in [3.63, 3.8) is 0 Å². The fourth-order valence-corrected chi connectivity index (χ4v) is 2.29. The Morgan fingerprint density at radius 2 is 2.31 bits per heavy atom. The summed E-state index contributed by atoms with van der Waals surface area (Å²) >= 11 is 0. The molecular weight excluding hydrogens is 204 g/mol. The van der Waals surface area contributed by atoms with E-state index in [0.29, 0.717) is 6.42 Å². The molecule has 3 nitrogen and oxygen atoms in total. The average molecular weight is 222 g/mol. The summed E-state index contributed by atoms with van der Waals surface area (Å²) in [5.41, 5.74) is 0.420. The van der Waals surface area contributed by atoms with Crippen molar-refractivity contribution in [1.82, 2.24) is 0 Å². The van der Waals surface area contributed by atoms with Gasteiger partial charge in [0.1, 0.15) is 6.61 Å². The van der Waals surface area contributed by atoms with Crippen LogP contribution in [0.4, 0.5) is 0 Å². The number of ether oxygens (including phenoxy) is 1. The molecule has 0 N–H and O–H groups in total. The molecule has 0 amide bonds. The smallest absolute Gasteiger partial charge is 0.313 e. The first-order valence-corrected chi connectivity index (χ1v) is 5.37. The summed E-state index contributed by atoms with van der Waals surface area (Å²) in [6, 6.07) is 0. The topological polar surface area (TPSA) is 43.4 Å². The number of hydrogen-bond acceptors (Lipinski definition) is 3. The molecule has 1 aliphatic rings. The number of rotatable bonds is 3. The van der Waals surface area contributed by atoms with Gasteiger partial charge in [0.15, 0.2) is 5.78 Å². The Labute approximate surface area is 96.2 Å². The molecule has 1 aliphatic carbocycles. The zero-order chi connectivity index (χ0) is 12.3. The Morgan fingerprint density at radius 1 is 1.69 bits per heavy atom. The lowest BCUT2D eigenvalue weighted by molar-refractivity contribution is -0.150. The quantitative estimate of drug-likeness (QED) is 0.543. The molecule has 88 valence electrons. The lowest BCUT2D eigenvalue weighted by Crippen LogP contribution is -2.38. The molecule has 16 heavy (non-hydrogen) atoms. The third-order valence-corrected chi connectivity index (χ3v) is 2.83. The Hall–Kier alpha value is -1.38. The minimum Gasteiger partial charge on any atom is -0.461 e. The summed E-state index contributed by atoms with van der Waals surface area (Å²) in [5.74, 6) is -0.522. The molecule has 0 aliphatic heterocycles. The highest BCUT2D eigenvalue weighted by Gasteiger charge is 2.41. The normalized spacial score (nSPS) is 23.6. The van der Waals surface area contributed by atoms with Crippen molar-refractivity contribution in [2.24, 2.45) is 11.3 Å². The molecule has 0 fully saturated rings. The summed E-state index contributed by atoms with van der Waals surface area (Å²) in [4.78, 5) is 23.3.